The molecule has 5 heteroatoms. The van der Waals surface area contributed by atoms with Crippen LogP contribution >= 0.6 is 0 Å². The SMILES string of the molecule is CCCN1c2ccc(/C=C(\C#N)C(=O)Nc3cccc(OC)c3)cc2C(C)CC1(C)C. The van der Waals surface area contributed by atoms with Gasteiger partial charge in [-0.2, -0.15) is 5.26 Å². The summed E-state index contributed by atoms with van der Waals surface area (Å²) in [4.78, 5) is 15.2. The highest BCUT2D eigenvalue weighted by molar-refractivity contribution is 6.09. The molecule has 1 heterocycles. The lowest BCUT2D eigenvalue weighted by Gasteiger charge is -2.47. The van der Waals surface area contributed by atoms with Crippen molar-refractivity contribution in [2.24, 2.45) is 0 Å². The molecule has 1 atom stereocenters. The summed E-state index contributed by atoms with van der Waals surface area (Å²) in [6.45, 7) is 10.1. The zero-order chi connectivity index (χ0) is 22.6. The van der Waals surface area contributed by atoms with Crippen molar-refractivity contribution in [3.63, 3.8) is 0 Å². The number of rotatable bonds is 6. The van der Waals surface area contributed by atoms with Gasteiger partial charge in [0.15, 0.2) is 0 Å². The largest absolute Gasteiger partial charge is 0.497 e. The van der Waals surface area contributed by atoms with Gasteiger partial charge in [0, 0.05) is 29.5 Å². The van der Waals surface area contributed by atoms with Gasteiger partial charge < -0.3 is 15.0 Å². The number of benzene rings is 2. The molecule has 0 fully saturated rings. The monoisotopic (exact) mass is 417 g/mol. The third kappa shape index (κ3) is 4.91. The van der Waals surface area contributed by atoms with Crippen LogP contribution in [-0.4, -0.2) is 25.1 Å². The number of nitrogens with zero attached hydrogens (tertiary/aromatic N) is 2. The Balaban J connectivity index is 1.89. The van der Waals surface area contributed by atoms with Crippen LogP contribution in [0, 0.1) is 11.3 Å². The highest BCUT2D eigenvalue weighted by Crippen LogP contribution is 2.43. The lowest BCUT2D eigenvalue weighted by atomic mass is 9.79. The molecule has 0 bridgehead atoms. The van der Waals surface area contributed by atoms with Gasteiger partial charge in [0.1, 0.15) is 17.4 Å². The van der Waals surface area contributed by atoms with E-state index in [4.69, 9.17) is 4.74 Å². The molecule has 0 saturated heterocycles. The van der Waals surface area contributed by atoms with Gasteiger partial charge in [-0.15, -0.1) is 0 Å². The Bertz CT molecular complexity index is 1030. The van der Waals surface area contributed by atoms with E-state index in [0.29, 0.717) is 17.4 Å². The predicted molar refractivity (Wildman–Crippen MR) is 126 cm³/mol. The zero-order valence-corrected chi connectivity index (χ0v) is 19.0. The maximum atomic E-state index is 12.7. The van der Waals surface area contributed by atoms with Crippen molar-refractivity contribution in [1.29, 1.82) is 5.26 Å². The standard InChI is InChI=1S/C26H31N3O2/c1-6-12-29-24-11-10-19(14-23(24)18(2)16-26(29,3)4)13-20(17-27)25(30)28-21-8-7-9-22(15-21)31-5/h7-11,13-15,18H,6,12,16H2,1-5H3,(H,28,30)/b20-13+. The molecule has 1 aliphatic heterocycles. The molecular weight excluding hydrogens is 386 g/mol. The summed E-state index contributed by atoms with van der Waals surface area (Å²) >= 11 is 0. The van der Waals surface area contributed by atoms with Crippen LogP contribution in [0.1, 0.15) is 57.6 Å². The Kier molecular flexibility index (Phi) is 6.70. The van der Waals surface area contributed by atoms with Crippen molar-refractivity contribution in [3.8, 4) is 11.8 Å². The second-order valence-corrected chi connectivity index (χ2v) is 8.74. The van der Waals surface area contributed by atoms with Crippen LogP contribution in [0.3, 0.4) is 0 Å². The summed E-state index contributed by atoms with van der Waals surface area (Å²) in [5.74, 6) is 0.612. The summed E-state index contributed by atoms with van der Waals surface area (Å²) in [7, 11) is 1.57. The van der Waals surface area contributed by atoms with E-state index in [9.17, 15) is 10.1 Å². The van der Waals surface area contributed by atoms with Gasteiger partial charge in [0.05, 0.1) is 7.11 Å². The van der Waals surface area contributed by atoms with Gasteiger partial charge in [0.2, 0.25) is 0 Å². The van der Waals surface area contributed by atoms with Crippen LogP contribution in [0.25, 0.3) is 6.08 Å². The molecule has 1 N–H and O–H groups in total. The topological polar surface area (TPSA) is 65.4 Å². The number of carbonyl (C=O) groups excluding carboxylic acids is 1. The van der Waals surface area contributed by atoms with Crippen molar-refractivity contribution < 1.29 is 9.53 Å². The van der Waals surface area contributed by atoms with Crippen LogP contribution in [0.15, 0.2) is 48.0 Å². The van der Waals surface area contributed by atoms with Crippen molar-refractivity contribution >= 4 is 23.4 Å². The van der Waals surface area contributed by atoms with E-state index in [-0.39, 0.29) is 11.1 Å². The third-order valence-corrected chi connectivity index (χ3v) is 5.86. The average molecular weight is 418 g/mol. The van der Waals surface area contributed by atoms with Crippen LogP contribution in [0.5, 0.6) is 5.75 Å². The number of nitrogens with one attached hydrogen (secondary N) is 1. The van der Waals surface area contributed by atoms with E-state index in [1.54, 1.807) is 37.5 Å². The number of nitriles is 1. The molecule has 1 unspecified atom stereocenters. The first-order valence-corrected chi connectivity index (χ1v) is 10.8. The van der Waals surface area contributed by atoms with Gasteiger partial charge in [-0.05, 0) is 74.1 Å². The number of carbonyl (C=O) groups is 1. The first-order valence-electron chi connectivity index (χ1n) is 10.8. The Hall–Kier alpha value is -3.26. The molecule has 2 aromatic rings. The van der Waals surface area contributed by atoms with E-state index in [1.807, 2.05) is 12.1 Å². The van der Waals surface area contributed by atoms with Crippen LogP contribution < -0.4 is 15.0 Å². The van der Waals surface area contributed by atoms with E-state index in [1.165, 1.54) is 11.3 Å². The molecule has 5 nitrogen and oxygen atoms in total. The first-order chi connectivity index (χ1) is 14.8. The van der Waals surface area contributed by atoms with Crippen LogP contribution in [0.4, 0.5) is 11.4 Å². The molecule has 1 aliphatic rings. The van der Waals surface area contributed by atoms with Crippen molar-refractivity contribution in [3.05, 3.63) is 59.2 Å². The minimum atomic E-state index is -0.435. The summed E-state index contributed by atoms with van der Waals surface area (Å²) in [6, 6.07) is 15.4. The van der Waals surface area contributed by atoms with E-state index >= 15 is 0 Å². The smallest absolute Gasteiger partial charge is 0.266 e. The maximum Gasteiger partial charge on any atom is 0.266 e. The molecular formula is C26H31N3O2. The molecule has 162 valence electrons. The number of anilines is 2. The van der Waals surface area contributed by atoms with Gasteiger partial charge >= 0.3 is 0 Å². The number of ether oxygens (including phenoxy) is 1. The average Bonchev–Trinajstić information content (AvgIpc) is 2.74. The lowest BCUT2D eigenvalue weighted by molar-refractivity contribution is -0.112. The maximum absolute atomic E-state index is 12.7. The molecule has 0 spiro atoms. The molecule has 2 aromatic carbocycles. The number of methoxy groups -OCH3 is 1. The minimum Gasteiger partial charge on any atom is -0.497 e. The van der Waals surface area contributed by atoms with E-state index < -0.39 is 5.91 Å². The van der Waals surface area contributed by atoms with E-state index in [2.05, 4.69) is 50.0 Å². The number of amides is 1. The van der Waals surface area contributed by atoms with Gasteiger partial charge in [-0.1, -0.05) is 26.0 Å². The molecule has 3 rings (SSSR count). The fourth-order valence-corrected chi connectivity index (χ4v) is 4.46. The molecule has 0 aliphatic carbocycles. The van der Waals surface area contributed by atoms with Crippen LogP contribution in [0.2, 0.25) is 0 Å². The Labute approximate surface area is 185 Å². The van der Waals surface area contributed by atoms with Gasteiger partial charge in [-0.25, -0.2) is 0 Å². The Morgan fingerprint density at radius 2 is 2.10 bits per heavy atom. The molecule has 0 radical (unpaired) electrons. The lowest BCUT2D eigenvalue weighted by Crippen LogP contribution is -2.48. The molecule has 0 saturated carbocycles. The quantitative estimate of drug-likeness (QED) is 0.480. The van der Waals surface area contributed by atoms with Crippen molar-refractivity contribution in [2.45, 2.75) is 52.0 Å². The second kappa shape index (κ2) is 9.26. The molecule has 1 amide bonds. The number of fused-ring (bicyclic) bond motifs is 1. The fourth-order valence-electron chi connectivity index (χ4n) is 4.46. The van der Waals surface area contributed by atoms with E-state index in [0.717, 1.165) is 24.9 Å². The van der Waals surface area contributed by atoms with Gasteiger partial charge in [0.25, 0.3) is 5.91 Å². The summed E-state index contributed by atoms with van der Waals surface area (Å²) in [5.41, 5.74) is 4.14. The minimum absolute atomic E-state index is 0.0666. The highest BCUT2D eigenvalue weighted by Gasteiger charge is 2.35. The normalized spacial score (nSPS) is 17.5. The third-order valence-electron chi connectivity index (χ3n) is 5.86. The Morgan fingerprint density at radius 1 is 1.32 bits per heavy atom. The summed E-state index contributed by atoms with van der Waals surface area (Å²) in [5, 5.41) is 12.4. The van der Waals surface area contributed by atoms with Crippen LogP contribution in [-0.2, 0) is 4.79 Å². The number of hydrogen-bond acceptors (Lipinski definition) is 4. The van der Waals surface area contributed by atoms with Gasteiger partial charge in [-0.3, -0.25) is 4.79 Å². The zero-order valence-electron chi connectivity index (χ0n) is 19.0. The highest BCUT2D eigenvalue weighted by atomic mass is 16.5. The predicted octanol–water partition coefficient (Wildman–Crippen LogP) is 5.74. The molecule has 31 heavy (non-hydrogen) atoms. The fraction of sp³-hybridized carbons (Fsp3) is 0.385. The number of hydrogen-bond donors (Lipinski definition) is 1. The second-order valence-electron chi connectivity index (χ2n) is 8.74. The Morgan fingerprint density at radius 3 is 2.77 bits per heavy atom. The first kappa shape index (κ1) is 22.4. The van der Waals surface area contributed by atoms with Crippen molar-refractivity contribution in [1.82, 2.24) is 0 Å². The molecule has 0 aromatic heterocycles. The summed E-state index contributed by atoms with van der Waals surface area (Å²) in [6.07, 6.45) is 3.81. The summed E-state index contributed by atoms with van der Waals surface area (Å²) < 4.78 is 5.19. The van der Waals surface area contributed by atoms with Crippen molar-refractivity contribution in [2.75, 3.05) is 23.9 Å².